The summed E-state index contributed by atoms with van der Waals surface area (Å²) >= 11 is 0. The lowest BCUT2D eigenvalue weighted by Gasteiger charge is -2.34. The van der Waals surface area contributed by atoms with E-state index >= 15 is 0 Å². The molecule has 160 valence electrons. The molecule has 1 atom stereocenters. The van der Waals surface area contributed by atoms with E-state index in [-0.39, 0.29) is 24.7 Å². The average molecular weight is 417 g/mol. The standard InChI is InChI=1S/C18H22F3N3O5/c1-12(14-4-3-5-15(10-14)24(27)28)22(2)16(25)13-6-8-23(9-7-13)17(26)29-11-18(19,20)21/h3-5,10,12-13H,6-9,11H2,1-2H3. The van der Waals surface area contributed by atoms with E-state index in [0.717, 1.165) is 4.90 Å². The van der Waals surface area contributed by atoms with Crippen molar-refractivity contribution in [2.24, 2.45) is 5.92 Å². The normalized spacial score (nSPS) is 16.2. The molecule has 2 amide bonds. The van der Waals surface area contributed by atoms with Crippen LogP contribution < -0.4 is 0 Å². The minimum Gasteiger partial charge on any atom is -0.440 e. The van der Waals surface area contributed by atoms with Gasteiger partial charge in [-0.05, 0) is 25.3 Å². The number of benzene rings is 1. The smallest absolute Gasteiger partial charge is 0.422 e. The Labute approximate surface area is 165 Å². The van der Waals surface area contributed by atoms with Gasteiger partial charge in [-0.3, -0.25) is 14.9 Å². The number of non-ortho nitro benzene ring substituents is 1. The van der Waals surface area contributed by atoms with Gasteiger partial charge in [-0.15, -0.1) is 0 Å². The fourth-order valence-electron chi connectivity index (χ4n) is 3.14. The number of ether oxygens (including phenoxy) is 1. The Morgan fingerprint density at radius 2 is 1.97 bits per heavy atom. The second kappa shape index (κ2) is 9.10. The monoisotopic (exact) mass is 417 g/mol. The van der Waals surface area contributed by atoms with Crippen molar-refractivity contribution in [1.29, 1.82) is 0 Å². The van der Waals surface area contributed by atoms with Crippen LogP contribution in [0.4, 0.5) is 23.7 Å². The Balaban J connectivity index is 1.92. The number of rotatable bonds is 5. The number of nitro benzene ring substituents is 1. The van der Waals surface area contributed by atoms with Gasteiger partial charge in [-0.2, -0.15) is 13.2 Å². The summed E-state index contributed by atoms with van der Waals surface area (Å²) in [5.41, 5.74) is 0.545. The highest BCUT2D eigenvalue weighted by molar-refractivity contribution is 5.79. The molecule has 29 heavy (non-hydrogen) atoms. The number of piperidine rings is 1. The maximum absolute atomic E-state index is 12.8. The van der Waals surface area contributed by atoms with E-state index in [4.69, 9.17) is 0 Å². The molecule has 1 saturated heterocycles. The van der Waals surface area contributed by atoms with Gasteiger partial charge in [-0.1, -0.05) is 12.1 Å². The molecule has 1 unspecified atom stereocenters. The molecule has 0 bridgehead atoms. The van der Waals surface area contributed by atoms with Crippen molar-refractivity contribution in [3.8, 4) is 0 Å². The number of nitro groups is 1. The fraction of sp³-hybridized carbons (Fsp3) is 0.556. The van der Waals surface area contributed by atoms with E-state index < -0.39 is 35.8 Å². The molecular weight excluding hydrogens is 395 g/mol. The van der Waals surface area contributed by atoms with Crippen molar-refractivity contribution in [1.82, 2.24) is 9.80 Å². The van der Waals surface area contributed by atoms with Crippen molar-refractivity contribution in [2.75, 3.05) is 26.7 Å². The highest BCUT2D eigenvalue weighted by atomic mass is 19.4. The van der Waals surface area contributed by atoms with Crippen LogP contribution in [0, 0.1) is 16.0 Å². The van der Waals surface area contributed by atoms with Gasteiger partial charge in [0.05, 0.1) is 11.0 Å². The van der Waals surface area contributed by atoms with Gasteiger partial charge in [0.2, 0.25) is 5.91 Å². The molecule has 1 fully saturated rings. The number of hydrogen-bond acceptors (Lipinski definition) is 5. The van der Waals surface area contributed by atoms with E-state index in [1.807, 2.05) is 0 Å². The Morgan fingerprint density at radius 3 is 2.52 bits per heavy atom. The summed E-state index contributed by atoms with van der Waals surface area (Å²) in [6.07, 6.45) is -5.04. The minimum atomic E-state index is -4.59. The van der Waals surface area contributed by atoms with Crippen LogP contribution in [-0.4, -0.2) is 59.6 Å². The van der Waals surface area contributed by atoms with Crippen molar-refractivity contribution in [2.45, 2.75) is 32.0 Å². The number of alkyl halides is 3. The van der Waals surface area contributed by atoms with Gasteiger partial charge in [0, 0.05) is 38.2 Å². The summed E-state index contributed by atoms with van der Waals surface area (Å²) in [6, 6.07) is 5.62. The van der Waals surface area contributed by atoms with E-state index in [1.54, 1.807) is 26.1 Å². The first-order valence-electron chi connectivity index (χ1n) is 8.99. The first-order valence-corrected chi connectivity index (χ1v) is 8.99. The Bertz CT molecular complexity index is 763. The van der Waals surface area contributed by atoms with E-state index in [2.05, 4.69) is 4.74 Å². The van der Waals surface area contributed by atoms with Crippen molar-refractivity contribution >= 4 is 17.7 Å². The molecule has 1 aromatic carbocycles. The van der Waals surface area contributed by atoms with Crippen LogP contribution in [-0.2, 0) is 9.53 Å². The predicted molar refractivity (Wildman–Crippen MR) is 96.0 cm³/mol. The first-order chi connectivity index (χ1) is 13.5. The Hall–Kier alpha value is -2.85. The van der Waals surface area contributed by atoms with Gasteiger partial charge in [0.15, 0.2) is 6.61 Å². The molecule has 1 heterocycles. The van der Waals surface area contributed by atoms with Crippen LogP contribution in [0.5, 0.6) is 0 Å². The topological polar surface area (TPSA) is 93.0 Å². The lowest BCUT2D eigenvalue weighted by molar-refractivity contribution is -0.384. The number of nitrogens with zero attached hydrogens (tertiary/aromatic N) is 3. The number of likely N-dealkylation sites (tertiary alicyclic amines) is 1. The summed E-state index contributed by atoms with van der Waals surface area (Å²) < 4.78 is 40.7. The molecule has 0 spiro atoms. The van der Waals surface area contributed by atoms with Gasteiger partial charge in [0.25, 0.3) is 5.69 Å². The molecular formula is C18H22F3N3O5. The lowest BCUT2D eigenvalue weighted by Crippen LogP contribution is -2.44. The van der Waals surface area contributed by atoms with Crippen LogP contribution in [0.3, 0.4) is 0 Å². The van der Waals surface area contributed by atoms with Crippen LogP contribution in [0.2, 0.25) is 0 Å². The molecule has 2 rings (SSSR count). The molecule has 0 saturated carbocycles. The summed E-state index contributed by atoms with van der Waals surface area (Å²) in [4.78, 5) is 37.5. The zero-order valence-electron chi connectivity index (χ0n) is 16.0. The second-order valence-electron chi connectivity index (χ2n) is 6.91. The lowest BCUT2D eigenvalue weighted by atomic mass is 9.94. The quantitative estimate of drug-likeness (QED) is 0.540. The Morgan fingerprint density at radius 1 is 1.34 bits per heavy atom. The molecule has 0 radical (unpaired) electrons. The van der Waals surface area contributed by atoms with Gasteiger partial charge in [-0.25, -0.2) is 4.79 Å². The SMILES string of the molecule is CC(c1cccc([N+](=O)[O-])c1)N(C)C(=O)C1CCN(C(=O)OCC(F)(F)F)CC1. The largest absolute Gasteiger partial charge is 0.440 e. The van der Waals surface area contributed by atoms with E-state index in [0.29, 0.717) is 18.4 Å². The number of hydrogen-bond donors (Lipinski definition) is 0. The number of carbonyl (C=O) groups excluding carboxylic acids is 2. The van der Waals surface area contributed by atoms with Crippen molar-refractivity contribution in [3.05, 3.63) is 39.9 Å². The number of amides is 2. The van der Waals surface area contributed by atoms with Gasteiger partial charge < -0.3 is 14.5 Å². The summed E-state index contributed by atoms with van der Waals surface area (Å²) in [6.45, 7) is 0.340. The summed E-state index contributed by atoms with van der Waals surface area (Å²) in [5, 5.41) is 10.9. The highest BCUT2D eigenvalue weighted by Gasteiger charge is 2.34. The molecule has 0 aromatic heterocycles. The van der Waals surface area contributed by atoms with Gasteiger partial charge in [0.1, 0.15) is 0 Å². The predicted octanol–water partition coefficient (Wildman–Crippen LogP) is 3.53. The van der Waals surface area contributed by atoms with Crippen LogP contribution in [0.1, 0.15) is 31.4 Å². The van der Waals surface area contributed by atoms with Crippen LogP contribution in [0.25, 0.3) is 0 Å². The molecule has 1 aliphatic heterocycles. The van der Waals surface area contributed by atoms with Gasteiger partial charge >= 0.3 is 12.3 Å². The maximum atomic E-state index is 12.8. The molecule has 0 N–H and O–H groups in total. The third-order valence-electron chi connectivity index (χ3n) is 4.95. The third-order valence-corrected chi connectivity index (χ3v) is 4.95. The zero-order chi connectivity index (χ0) is 21.8. The summed E-state index contributed by atoms with van der Waals surface area (Å²) in [7, 11) is 1.59. The zero-order valence-corrected chi connectivity index (χ0v) is 16.0. The molecule has 1 aromatic rings. The first kappa shape index (κ1) is 22.4. The van der Waals surface area contributed by atoms with Crippen LogP contribution in [0.15, 0.2) is 24.3 Å². The number of halogens is 3. The molecule has 11 heteroatoms. The highest BCUT2D eigenvalue weighted by Crippen LogP contribution is 2.27. The molecule has 0 aliphatic carbocycles. The number of carbonyl (C=O) groups is 2. The van der Waals surface area contributed by atoms with E-state index in [1.165, 1.54) is 17.0 Å². The third kappa shape index (κ3) is 6.06. The summed E-state index contributed by atoms with van der Waals surface area (Å²) in [5.74, 6) is -0.583. The maximum Gasteiger partial charge on any atom is 0.422 e. The fourth-order valence-corrected chi connectivity index (χ4v) is 3.14. The average Bonchev–Trinajstić information content (AvgIpc) is 2.70. The molecule has 1 aliphatic rings. The minimum absolute atomic E-state index is 0.0686. The van der Waals surface area contributed by atoms with Crippen molar-refractivity contribution in [3.63, 3.8) is 0 Å². The van der Waals surface area contributed by atoms with Crippen molar-refractivity contribution < 1.29 is 32.4 Å². The van der Waals surface area contributed by atoms with E-state index in [9.17, 15) is 32.9 Å². The Kier molecular flexibility index (Phi) is 7.04. The van der Waals surface area contributed by atoms with Crippen LogP contribution >= 0.6 is 0 Å². The molecule has 8 nitrogen and oxygen atoms in total. The second-order valence-corrected chi connectivity index (χ2v) is 6.91.